The van der Waals surface area contributed by atoms with Gasteiger partial charge in [0.2, 0.25) is 0 Å². The van der Waals surface area contributed by atoms with E-state index >= 15 is 0 Å². The molecule has 0 aromatic rings. The maximum atomic E-state index is 5.24. The summed E-state index contributed by atoms with van der Waals surface area (Å²) in [6.45, 7) is 5.03. The molecule has 1 heteroatoms. The Bertz CT molecular complexity index is 66.8. The van der Waals surface area contributed by atoms with Crippen LogP contribution in [0.25, 0.3) is 0 Å². The topological polar surface area (TPSA) is 26.0 Å². The molecule has 8 heavy (non-hydrogen) atoms. The Morgan fingerprint density at radius 3 is 2.62 bits per heavy atom. The highest BCUT2D eigenvalue weighted by atomic mass is 14.5. The molecule has 0 aliphatic heterocycles. The minimum Gasteiger partial charge on any atom is -0.327 e. The lowest BCUT2D eigenvalue weighted by Gasteiger charge is -1.96. The third-order valence-electron chi connectivity index (χ3n) is 1.24. The van der Waals surface area contributed by atoms with Gasteiger partial charge in [0.05, 0.1) is 0 Å². The Morgan fingerprint density at radius 1 is 1.62 bits per heavy atom. The van der Waals surface area contributed by atoms with E-state index in [-0.39, 0.29) is 0 Å². The van der Waals surface area contributed by atoms with Crippen LogP contribution in [0.15, 0.2) is 12.2 Å². The molecule has 0 saturated carbocycles. The largest absolute Gasteiger partial charge is 0.327 e. The van der Waals surface area contributed by atoms with Crippen LogP contribution in [-0.2, 0) is 0 Å². The van der Waals surface area contributed by atoms with E-state index in [9.17, 15) is 0 Å². The van der Waals surface area contributed by atoms with Crippen LogP contribution >= 0.6 is 0 Å². The molecule has 0 fully saturated rings. The van der Waals surface area contributed by atoms with Gasteiger partial charge in [-0.25, -0.2) is 0 Å². The smallest absolute Gasteiger partial charge is 0.0106 e. The molecule has 0 aliphatic carbocycles. The van der Waals surface area contributed by atoms with E-state index in [0.717, 1.165) is 0 Å². The highest BCUT2D eigenvalue weighted by Crippen LogP contribution is 2.00. The summed E-state index contributed by atoms with van der Waals surface area (Å²) in [5.74, 6) is 0.693. The highest BCUT2D eigenvalue weighted by Gasteiger charge is 1.87. The van der Waals surface area contributed by atoms with Crippen molar-refractivity contribution in [3.8, 4) is 0 Å². The molecule has 0 amide bonds. The molecule has 1 atom stereocenters. The van der Waals surface area contributed by atoms with Gasteiger partial charge in [-0.05, 0) is 5.92 Å². The van der Waals surface area contributed by atoms with Crippen LogP contribution in [0.5, 0.6) is 0 Å². The molecule has 0 aromatic carbocycles. The summed E-state index contributed by atoms with van der Waals surface area (Å²) < 4.78 is 0. The Morgan fingerprint density at radius 2 is 2.25 bits per heavy atom. The van der Waals surface area contributed by atoms with Gasteiger partial charge in [0, 0.05) is 6.54 Å². The quantitative estimate of drug-likeness (QED) is 0.552. The summed E-state index contributed by atoms with van der Waals surface area (Å²) in [4.78, 5) is 0. The predicted octanol–water partition coefficient (Wildman–Crippen LogP) is 1.55. The van der Waals surface area contributed by atoms with Crippen molar-refractivity contribution in [2.75, 3.05) is 6.54 Å². The average molecular weight is 113 g/mol. The number of hydrogen-bond donors (Lipinski definition) is 1. The summed E-state index contributed by atoms with van der Waals surface area (Å²) in [6.07, 6.45) is 5.37. The third kappa shape index (κ3) is 3.88. The third-order valence-corrected chi connectivity index (χ3v) is 1.24. The Labute approximate surface area is 51.6 Å². The lowest BCUT2D eigenvalue weighted by Crippen LogP contribution is -1.94. The lowest BCUT2D eigenvalue weighted by atomic mass is 10.1. The first-order valence-corrected chi connectivity index (χ1v) is 3.18. The van der Waals surface area contributed by atoms with Crippen molar-refractivity contribution in [3.63, 3.8) is 0 Å². The Balaban J connectivity index is 3.21. The fourth-order valence-corrected chi connectivity index (χ4v) is 0.447. The summed E-state index contributed by atoms with van der Waals surface area (Å²) >= 11 is 0. The van der Waals surface area contributed by atoms with E-state index in [4.69, 9.17) is 5.73 Å². The van der Waals surface area contributed by atoms with Crippen molar-refractivity contribution >= 4 is 0 Å². The number of nitrogens with two attached hydrogens (primary N) is 1. The number of rotatable bonds is 3. The molecule has 1 nitrogen and oxygen atoms in total. The van der Waals surface area contributed by atoms with Gasteiger partial charge >= 0.3 is 0 Å². The van der Waals surface area contributed by atoms with Gasteiger partial charge in [0.15, 0.2) is 0 Å². The Hall–Kier alpha value is -0.300. The van der Waals surface area contributed by atoms with Crippen LogP contribution < -0.4 is 5.73 Å². The monoisotopic (exact) mass is 113 g/mol. The molecule has 0 bridgehead atoms. The fourth-order valence-electron chi connectivity index (χ4n) is 0.447. The zero-order chi connectivity index (χ0) is 6.41. The number of hydrogen-bond acceptors (Lipinski definition) is 1. The van der Waals surface area contributed by atoms with Crippen LogP contribution in [0.4, 0.5) is 0 Å². The number of allylic oxidation sites excluding steroid dienone is 1. The molecule has 2 N–H and O–H groups in total. The van der Waals surface area contributed by atoms with Crippen molar-refractivity contribution in [3.05, 3.63) is 12.2 Å². The lowest BCUT2D eigenvalue weighted by molar-refractivity contribution is 0.696. The van der Waals surface area contributed by atoms with Gasteiger partial charge in [0.1, 0.15) is 0 Å². The van der Waals surface area contributed by atoms with Crippen molar-refractivity contribution < 1.29 is 0 Å². The van der Waals surface area contributed by atoms with Gasteiger partial charge < -0.3 is 5.73 Å². The first-order valence-electron chi connectivity index (χ1n) is 3.18. The molecule has 0 rings (SSSR count). The maximum absolute atomic E-state index is 5.24. The van der Waals surface area contributed by atoms with E-state index in [1.165, 1.54) is 6.42 Å². The minimum absolute atomic E-state index is 0.671. The van der Waals surface area contributed by atoms with E-state index in [1.54, 1.807) is 0 Å². The van der Waals surface area contributed by atoms with Crippen LogP contribution in [0.2, 0.25) is 0 Å². The van der Waals surface area contributed by atoms with Crippen molar-refractivity contribution in [2.24, 2.45) is 11.7 Å². The molecule has 1 unspecified atom stereocenters. The summed E-state index contributed by atoms with van der Waals surface area (Å²) in [5.41, 5.74) is 5.24. The first-order chi connectivity index (χ1) is 3.81. The molecule has 0 spiro atoms. The van der Waals surface area contributed by atoms with E-state index in [1.807, 2.05) is 6.08 Å². The van der Waals surface area contributed by atoms with Gasteiger partial charge in [-0.3, -0.25) is 0 Å². The van der Waals surface area contributed by atoms with Gasteiger partial charge in [0.25, 0.3) is 0 Å². The predicted molar refractivity (Wildman–Crippen MR) is 37.6 cm³/mol. The second-order valence-electron chi connectivity index (χ2n) is 2.05. The second-order valence-corrected chi connectivity index (χ2v) is 2.05. The molecule has 0 aromatic heterocycles. The normalized spacial score (nSPS) is 14.9. The summed E-state index contributed by atoms with van der Waals surface area (Å²) in [6, 6.07) is 0. The molecular formula is C7H15N. The summed E-state index contributed by atoms with van der Waals surface area (Å²) in [7, 11) is 0. The molecule has 0 heterocycles. The van der Waals surface area contributed by atoms with E-state index in [2.05, 4.69) is 19.9 Å². The molecule has 0 radical (unpaired) electrons. The zero-order valence-electron chi connectivity index (χ0n) is 5.72. The van der Waals surface area contributed by atoms with Crippen LogP contribution in [0.3, 0.4) is 0 Å². The summed E-state index contributed by atoms with van der Waals surface area (Å²) in [5, 5.41) is 0. The van der Waals surface area contributed by atoms with E-state index < -0.39 is 0 Å². The van der Waals surface area contributed by atoms with Gasteiger partial charge in [-0.2, -0.15) is 0 Å². The fraction of sp³-hybridized carbons (Fsp3) is 0.714. The van der Waals surface area contributed by atoms with Crippen molar-refractivity contribution in [1.29, 1.82) is 0 Å². The van der Waals surface area contributed by atoms with Crippen molar-refractivity contribution in [1.82, 2.24) is 0 Å². The van der Waals surface area contributed by atoms with Crippen LogP contribution in [0, 0.1) is 5.92 Å². The Kier molecular flexibility index (Phi) is 4.67. The second kappa shape index (κ2) is 4.85. The van der Waals surface area contributed by atoms with Crippen LogP contribution in [0.1, 0.15) is 20.3 Å². The SMILES string of the molecule is CCC(C)/C=C\CN. The van der Waals surface area contributed by atoms with Gasteiger partial charge in [-0.15, -0.1) is 0 Å². The highest BCUT2D eigenvalue weighted by molar-refractivity contribution is 4.86. The molecular weight excluding hydrogens is 98.1 g/mol. The zero-order valence-corrected chi connectivity index (χ0v) is 5.72. The average Bonchev–Trinajstić information content (AvgIpc) is 1.83. The molecule has 0 saturated heterocycles. The standard InChI is InChI=1S/C7H15N/c1-3-7(2)5-4-6-8/h4-5,7H,3,6,8H2,1-2H3/b5-4-. The minimum atomic E-state index is 0.671. The maximum Gasteiger partial charge on any atom is 0.0106 e. The van der Waals surface area contributed by atoms with Crippen molar-refractivity contribution in [2.45, 2.75) is 20.3 Å². The molecule has 0 aliphatic rings. The van der Waals surface area contributed by atoms with Gasteiger partial charge in [-0.1, -0.05) is 32.4 Å². The van der Waals surface area contributed by atoms with E-state index in [0.29, 0.717) is 12.5 Å². The van der Waals surface area contributed by atoms with Crippen LogP contribution in [-0.4, -0.2) is 6.54 Å². The molecule has 48 valence electrons. The first kappa shape index (κ1) is 7.70.